The van der Waals surface area contributed by atoms with Crippen LogP contribution in [0.3, 0.4) is 0 Å². The van der Waals surface area contributed by atoms with E-state index in [1.54, 1.807) is 19.2 Å². The number of benzene rings is 2. The van der Waals surface area contributed by atoms with E-state index >= 15 is 0 Å². The molecule has 2 aromatic carbocycles. The second-order valence-corrected chi connectivity index (χ2v) is 7.00. The van der Waals surface area contributed by atoms with Gasteiger partial charge in [0.2, 0.25) is 0 Å². The summed E-state index contributed by atoms with van der Waals surface area (Å²) in [7, 11) is 4.55. The maximum atomic E-state index is 12.9. The maximum Gasteiger partial charge on any atom is 0.193 e. The van der Waals surface area contributed by atoms with Crippen LogP contribution in [-0.4, -0.2) is 51.8 Å². The predicted molar refractivity (Wildman–Crippen MR) is 111 cm³/mol. The molecule has 0 saturated heterocycles. The van der Waals surface area contributed by atoms with Crippen molar-refractivity contribution >= 4 is 38.3 Å². The molecule has 0 aliphatic rings. The molecule has 2 atom stereocenters. The number of carbonyl (C=O) groups excluding carboxylic acids is 1. The molecular weight excluding hydrogens is 358 g/mol. The van der Waals surface area contributed by atoms with Crippen molar-refractivity contribution in [3.05, 3.63) is 42.0 Å². The molecule has 0 aromatic heterocycles. The Balaban J connectivity index is 0.00000364. The zero-order valence-corrected chi connectivity index (χ0v) is 17.8. The Labute approximate surface area is 174 Å². The van der Waals surface area contributed by atoms with Crippen molar-refractivity contribution < 1.29 is 23.7 Å². The summed E-state index contributed by atoms with van der Waals surface area (Å²) in [6.07, 6.45) is 1.11. The summed E-state index contributed by atoms with van der Waals surface area (Å²) in [4.78, 5) is 12.9. The van der Waals surface area contributed by atoms with Crippen molar-refractivity contribution in [3.8, 4) is 23.0 Å². The quantitative estimate of drug-likeness (QED) is 0.489. The first-order valence-electron chi connectivity index (χ1n) is 8.40. The number of hydrogen-bond acceptors (Lipinski definition) is 5. The van der Waals surface area contributed by atoms with Gasteiger partial charge in [-0.3, -0.25) is 4.79 Å². The van der Waals surface area contributed by atoms with Crippen LogP contribution in [0.15, 0.2) is 36.4 Å². The summed E-state index contributed by atoms with van der Waals surface area (Å²) in [5, 5.41) is 0.923. The standard InChI is InChI=1S/C20H25O5P.Li/c1-6-13(2)25-14-7-9-16(10-8-14)26-20(21)19-17(23-4)11-15(22-3)12-18(19)24-5;/h7-13,26H,6H2,1-5H3;. The first kappa shape index (κ1) is 23.4. The Morgan fingerprint density at radius 2 is 1.52 bits per heavy atom. The van der Waals surface area contributed by atoms with Gasteiger partial charge in [0.15, 0.2) is 5.52 Å². The summed E-state index contributed by atoms with van der Waals surface area (Å²) in [6, 6.07) is 11.0. The molecule has 0 amide bonds. The predicted octanol–water partition coefficient (Wildman–Crippen LogP) is 3.65. The molecule has 0 aliphatic carbocycles. The molecule has 27 heavy (non-hydrogen) atoms. The normalized spacial score (nSPS) is 11.6. The zero-order valence-electron chi connectivity index (χ0n) is 16.8. The SMILES string of the molecule is CCC(C)Oc1ccc(PC(=O)c2c(OC)cc(OC)cc2OC)cc1.[Li]. The van der Waals surface area contributed by atoms with Gasteiger partial charge in [0, 0.05) is 31.0 Å². The second kappa shape index (κ2) is 11.2. The van der Waals surface area contributed by atoms with Crippen LogP contribution >= 0.6 is 8.58 Å². The molecule has 0 spiro atoms. The summed E-state index contributed by atoms with van der Waals surface area (Å²) in [5.74, 6) is 2.26. The van der Waals surface area contributed by atoms with Crippen LogP contribution in [0.2, 0.25) is 0 Å². The third kappa shape index (κ3) is 6.18. The molecule has 0 bridgehead atoms. The number of methoxy groups -OCH3 is 3. The summed E-state index contributed by atoms with van der Waals surface area (Å²) in [5.41, 5.74) is 0.367. The van der Waals surface area contributed by atoms with Crippen LogP contribution in [0.25, 0.3) is 0 Å². The summed E-state index contributed by atoms with van der Waals surface area (Å²) >= 11 is 0. The Morgan fingerprint density at radius 3 is 1.96 bits per heavy atom. The third-order valence-electron chi connectivity index (χ3n) is 3.97. The van der Waals surface area contributed by atoms with Crippen LogP contribution in [0.1, 0.15) is 30.6 Å². The molecule has 1 radical (unpaired) electrons. The van der Waals surface area contributed by atoms with E-state index in [9.17, 15) is 4.79 Å². The molecule has 7 heteroatoms. The van der Waals surface area contributed by atoms with E-state index < -0.39 is 0 Å². The van der Waals surface area contributed by atoms with Crippen molar-refractivity contribution in [2.24, 2.45) is 0 Å². The minimum Gasteiger partial charge on any atom is -0.496 e. The number of hydrogen-bond donors (Lipinski definition) is 0. The average Bonchev–Trinajstić information content (AvgIpc) is 2.67. The van der Waals surface area contributed by atoms with E-state index in [4.69, 9.17) is 18.9 Å². The topological polar surface area (TPSA) is 54.0 Å². The second-order valence-electron chi connectivity index (χ2n) is 5.72. The van der Waals surface area contributed by atoms with Gasteiger partial charge in [0.25, 0.3) is 0 Å². The van der Waals surface area contributed by atoms with Gasteiger partial charge in [-0.2, -0.15) is 0 Å². The fraction of sp³-hybridized carbons (Fsp3) is 0.350. The molecule has 5 nitrogen and oxygen atoms in total. The van der Waals surface area contributed by atoms with Gasteiger partial charge in [0.1, 0.15) is 28.6 Å². The number of ether oxygens (including phenoxy) is 4. The summed E-state index contributed by atoms with van der Waals surface area (Å²) in [6.45, 7) is 4.11. The van der Waals surface area contributed by atoms with Gasteiger partial charge < -0.3 is 18.9 Å². The Hall–Kier alpha value is -1.66. The van der Waals surface area contributed by atoms with Crippen LogP contribution in [0.5, 0.6) is 23.0 Å². The van der Waals surface area contributed by atoms with Gasteiger partial charge in [-0.25, -0.2) is 0 Å². The molecule has 0 N–H and O–H groups in total. The Kier molecular flexibility index (Phi) is 9.73. The molecule has 141 valence electrons. The van der Waals surface area contributed by atoms with Gasteiger partial charge >= 0.3 is 0 Å². The van der Waals surface area contributed by atoms with E-state index in [1.807, 2.05) is 31.2 Å². The summed E-state index contributed by atoms with van der Waals surface area (Å²) < 4.78 is 21.7. The zero-order chi connectivity index (χ0) is 19.1. The first-order valence-corrected chi connectivity index (χ1v) is 9.40. The average molecular weight is 383 g/mol. The van der Waals surface area contributed by atoms with Crippen LogP contribution in [0.4, 0.5) is 0 Å². The monoisotopic (exact) mass is 383 g/mol. The van der Waals surface area contributed by atoms with Crippen molar-refractivity contribution in [2.45, 2.75) is 26.4 Å². The van der Waals surface area contributed by atoms with E-state index in [0.29, 0.717) is 22.8 Å². The molecule has 0 saturated carbocycles. The van der Waals surface area contributed by atoms with Gasteiger partial charge in [-0.05, 0) is 39.4 Å². The van der Waals surface area contributed by atoms with Crippen LogP contribution in [-0.2, 0) is 0 Å². The largest absolute Gasteiger partial charge is 0.496 e. The Bertz CT molecular complexity index is 724. The van der Waals surface area contributed by atoms with Gasteiger partial charge in [0.05, 0.1) is 27.4 Å². The van der Waals surface area contributed by atoms with E-state index in [1.165, 1.54) is 14.2 Å². The van der Waals surface area contributed by atoms with E-state index in [0.717, 1.165) is 17.5 Å². The van der Waals surface area contributed by atoms with Crippen molar-refractivity contribution in [3.63, 3.8) is 0 Å². The first-order chi connectivity index (χ1) is 12.5. The Morgan fingerprint density at radius 1 is 0.963 bits per heavy atom. The van der Waals surface area contributed by atoms with Gasteiger partial charge in [-0.15, -0.1) is 0 Å². The van der Waals surface area contributed by atoms with E-state index in [2.05, 4.69) is 6.92 Å². The van der Waals surface area contributed by atoms with Crippen molar-refractivity contribution in [2.75, 3.05) is 21.3 Å². The maximum absolute atomic E-state index is 12.9. The molecule has 2 unspecified atom stereocenters. The van der Waals surface area contributed by atoms with Crippen molar-refractivity contribution in [1.29, 1.82) is 0 Å². The fourth-order valence-electron chi connectivity index (χ4n) is 2.36. The minimum atomic E-state index is -0.0584. The van der Waals surface area contributed by atoms with Crippen molar-refractivity contribution in [1.82, 2.24) is 0 Å². The minimum absolute atomic E-state index is 0. The molecule has 2 rings (SSSR count). The molecule has 0 aliphatic heterocycles. The molecule has 0 fully saturated rings. The molecule has 0 heterocycles. The molecular formula is C20H25LiO5P. The fourth-order valence-corrected chi connectivity index (χ4v) is 3.32. The number of carbonyl (C=O) groups is 1. The van der Waals surface area contributed by atoms with Crippen LogP contribution in [0, 0.1) is 0 Å². The third-order valence-corrected chi connectivity index (χ3v) is 5.07. The number of rotatable bonds is 9. The molecule has 2 aromatic rings. The smallest absolute Gasteiger partial charge is 0.193 e. The van der Waals surface area contributed by atoms with Gasteiger partial charge in [-0.1, -0.05) is 19.1 Å². The van der Waals surface area contributed by atoms with E-state index in [-0.39, 0.29) is 39.1 Å². The van der Waals surface area contributed by atoms with Crippen LogP contribution < -0.4 is 24.3 Å².